The Kier molecular flexibility index (Phi) is 4.42. The van der Waals surface area contributed by atoms with E-state index in [2.05, 4.69) is 31.9 Å². The monoisotopic (exact) mass is 281 g/mol. The van der Waals surface area contributed by atoms with Gasteiger partial charge in [0.05, 0.1) is 6.61 Å². The zero-order chi connectivity index (χ0) is 14.0. The number of aliphatic hydroxyl groups is 1. The molecule has 1 fully saturated rings. The number of benzene rings is 1. The zero-order valence-electron chi connectivity index (χ0n) is 12.1. The Labute approximate surface area is 121 Å². The van der Waals surface area contributed by atoms with E-state index in [-0.39, 0.29) is 6.61 Å². The highest BCUT2D eigenvalue weighted by atomic mass is 35.5. The fourth-order valence-electron chi connectivity index (χ4n) is 3.00. The highest BCUT2D eigenvalue weighted by Crippen LogP contribution is 2.38. The van der Waals surface area contributed by atoms with Crippen LogP contribution in [0.2, 0.25) is 5.02 Å². The van der Waals surface area contributed by atoms with Gasteiger partial charge in [-0.2, -0.15) is 0 Å². The third kappa shape index (κ3) is 3.24. The second-order valence-electron chi connectivity index (χ2n) is 6.40. The number of rotatable bonds is 3. The lowest BCUT2D eigenvalue weighted by atomic mass is 9.75. The molecule has 0 atom stereocenters. The molecule has 0 unspecified atom stereocenters. The van der Waals surface area contributed by atoms with Crippen molar-refractivity contribution in [2.75, 3.05) is 11.9 Å². The number of aliphatic hydroxyl groups excluding tert-OH is 1. The molecule has 0 spiro atoms. The summed E-state index contributed by atoms with van der Waals surface area (Å²) < 4.78 is 0. The summed E-state index contributed by atoms with van der Waals surface area (Å²) in [5.41, 5.74) is 2.39. The van der Waals surface area contributed by atoms with Crippen molar-refractivity contribution in [2.45, 2.75) is 52.2 Å². The van der Waals surface area contributed by atoms with Crippen LogP contribution in [0, 0.1) is 5.41 Å². The van der Waals surface area contributed by atoms with Gasteiger partial charge in [0.2, 0.25) is 0 Å². The van der Waals surface area contributed by atoms with E-state index in [9.17, 15) is 5.11 Å². The first kappa shape index (κ1) is 14.7. The molecule has 3 heteroatoms. The van der Waals surface area contributed by atoms with E-state index in [4.69, 9.17) is 11.6 Å². The van der Waals surface area contributed by atoms with Gasteiger partial charge >= 0.3 is 0 Å². The summed E-state index contributed by atoms with van der Waals surface area (Å²) in [5, 5.41) is 10.2. The van der Waals surface area contributed by atoms with Crippen molar-refractivity contribution < 1.29 is 5.11 Å². The molecule has 1 aliphatic carbocycles. The van der Waals surface area contributed by atoms with Crippen LogP contribution in [0.3, 0.4) is 0 Å². The van der Waals surface area contributed by atoms with Crippen LogP contribution in [-0.4, -0.2) is 18.2 Å². The largest absolute Gasteiger partial charge is 0.392 e. The Bertz CT molecular complexity index is 434. The maximum atomic E-state index is 9.52. The van der Waals surface area contributed by atoms with E-state index in [1.165, 1.54) is 25.7 Å². The predicted molar refractivity (Wildman–Crippen MR) is 81.8 cm³/mol. The molecule has 0 radical (unpaired) electrons. The molecule has 2 rings (SSSR count). The molecule has 0 aromatic heterocycles. The van der Waals surface area contributed by atoms with Gasteiger partial charge in [-0.1, -0.05) is 31.5 Å². The summed E-state index contributed by atoms with van der Waals surface area (Å²) in [6.07, 6.45) is 4.94. The van der Waals surface area contributed by atoms with Crippen molar-refractivity contribution in [2.24, 2.45) is 5.41 Å². The molecule has 1 saturated carbocycles. The van der Waals surface area contributed by atoms with Gasteiger partial charge < -0.3 is 10.0 Å². The predicted octanol–water partition coefficient (Wildman–Crippen LogP) is 4.24. The molecule has 1 N–H and O–H groups in total. The Balaban J connectivity index is 2.16. The average Bonchev–Trinajstić information content (AvgIpc) is 2.37. The van der Waals surface area contributed by atoms with Gasteiger partial charge in [0.1, 0.15) is 0 Å². The van der Waals surface area contributed by atoms with Gasteiger partial charge in [0, 0.05) is 29.4 Å². The van der Waals surface area contributed by atoms with Gasteiger partial charge in [-0.25, -0.2) is 0 Å². The van der Waals surface area contributed by atoms with Crippen LogP contribution in [0.4, 0.5) is 5.69 Å². The molecule has 0 aliphatic heterocycles. The second kappa shape index (κ2) is 5.72. The summed E-state index contributed by atoms with van der Waals surface area (Å²) in [7, 11) is 2.12. The lowest BCUT2D eigenvalue weighted by Crippen LogP contribution is -2.37. The van der Waals surface area contributed by atoms with E-state index >= 15 is 0 Å². The first-order valence-corrected chi connectivity index (χ1v) is 7.43. The molecule has 0 heterocycles. The summed E-state index contributed by atoms with van der Waals surface area (Å²) >= 11 is 6.17. The van der Waals surface area contributed by atoms with E-state index in [1.807, 2.05) is 12.1 Å². The number of hydrogen-bond acceptors (Lipinski definition) is 2. The molecule has 19 heavy (non-hydrogen) atoms. The minimum Gasteiger partial charge on any atom is -0.392 e. The molecule has 106 valence electrons. The highest BCUT2D eigenvalue weighted by Gasteiger charge is 2.29. The van der Waals surface area contributed by atoms with E-state index in [0.717, 1.165) is 11.3 Å². The molecule has 1 aromatic rings. The van der Waals surface area contributed by atoms with E-state index in [0.29, 0.717) is 16.5 Å². The normalized spacial score (nSPS) is 19.4. The Hall–Kier alpha value is -0.730. The quantitative estimate of drug-likeness (QED) is 0.896. The van der Waals surface area contributed by atoms with Gasteiger partial charge in [0.15, 0.2) is 0 Å². The number of hydrogen-bond donors (Lipinski definition) is 1. The van der Waals surface area contributed by atoms with E-state index in [1.54, 1.807) is 0 Å². The molecule has 1 aromatic carbocycles. The molecule has 0 saturated heterocycles. The standard InChI is InChI=1S/C16H24ClNO/c1-16(2)9-7-12(8-10-16)18(3)15-6-4-5-14(17)13(15)11-19/h4-6,12,19H,7-11H2,1-3H3. The van der Waals surface area contributed by atoms with Crippen LogP contribution < -0.4 is 4.90 Å². The smallest absolute Gasteiger partial charge is 0.0716 e. The average molecular weight is 282 g/mol. The Morgan fingerprint density at radius 2 is 1.95 bits per heavy atom. The van der Waals surface area contributed by atoms with Crippen LogP contribution >= 0.6 is 11.6 Å². The van der Waals surface area contributed by atoms with Crippen molar-refractivity contribution in [3.05, 3.63) is 28.8 Å². The van der Waals surface area contributed by atoms with Crippen molar-refractivity contribution in [3.63, 3.8) is 0 Å². The number of halogens is 1. The van der Waals surface area contributed by atoms with Crippen LogP contribution in [-0.2, 0) is 6.61 Å². The molecule has 1 aliphatic rings. The zero-order valence-corrected chi connectivity index (χ0v) is 12.9. The van der Waals surface area contributed by atoms with Crippen molar-refractivity contribution in [3.8, 4) is 0 Å². The van der Waals surface area contributed by atoms with Crippen LogP contribution in [0.15, 0.2) is 18.2 Å². The van der Waals surface area contributed by atoms with Gasteiger partial charge in [0.25, 0.3) is 0 Å². The maximum Gasteiger partial charge on any atom is 0.0716 e. The highest BCUT2D eigenvalue weighted by molar-refractivity contribution is 6.31. The first-order chi connectivity index (χ1) is 8.94. The van der Waals surface area contributed by atoms with Crippen molar-refractivity contribution in [1.29, 1.82) is 0 Å². The topological polar surface area (TPSA) is 23.5 Å². The minimum absolute atomic E-state index is 0.00242. The van der Waals surface area contributed by atoms with E-state index < -0.39 is 0 Å². The number of anilines is 1. The lowest BCUT2D eigenvalue weighted by Gasteiger charge is -2.40. The Morgan fingerprint density at radius 3 is 2.53 bits per heavy atom. The molecule has 0 bridgehead atoms. The fraction of sp³-hybridized carbons (Fsp3) is 0.625. The third-order valence-electron chi connectivity index (χ3n) is 4.49. The van der Waals surface area contributed by atoms with Crippen molar-refractivity contribution >= 4 is 17.3 Å². The van der Waals surface area contributed by atoms with Crippen LogP contribution in [0.5, 0.6) is 0 Å². The molecule has 2 nitrogen and oxygen atoms in total. The summed E-state index contributed by atoms with van der Waals surface area (Å²) in [4.78, 5) is 2.30. The second-order valence-corrected chi connectivity index (χ2v) is 6.81. The third-order valence-corrected chi connectivity index (χ3v) is 4.84. The van der Waals surface area contributed by atoms with Gasteiger partial charge in [-0.15, -0.1) is 0 Å². The SMILES string of the molecule is CN(c1cccc(Cl)c1CO)C1CCC(C)(C)CC1. The maximum absolute atomic E-state index is 9.52. The lowest BCUT2D eigenvalue weighted by molar-refractivity contribution is 0.222. The summed E-state index contributed by atoms with van der Waals surface area (Å²) in [6, 6.07) is 6.41. The van der Waals surface area contributed by atoms with Crippen LogP contribution in [0.25, 0.3) is 0 Å². The minimum atomic E-state index is -0.00242. The van der Waals surface area contributed by atoms with Crippen molar-refractivity contribution in [1.82, 2.24) is 0 Å². The Morgan fingerprint density at radius 1 is 1.32 bits per heavy atom. The summed E-state index contributed by atoms with van der Waals surface area (Å²) in [5.74, 6) is 0. The van der Waals surface area contributed by atoms with Gasteiger partial charge in [-0.05, 0) is 43.2 Å². The van der Waals surface area contributed by atoms with Gasteiger partial charge in [-0.3, -0.25) is 0 Å². The molecular weight excluding hydrogens is 258 g/mol. The molecular formula is C16H24ClNO. The van der Waals surface area contributed by atoms with Crippen LogP contribution in [0.1, 0.15) is 45.1 Å². The summed E-state index contributed by atoms with van der Waals surface area (Å²) in [6.45, 7) is 4.70. The number of nitrogens with zero attached hydrogens (tertiary/aromatic N) is 1. The molecule has 0 amide bonds. The fourth-order valence-corrected chi connectivity index (χ4v) is 3.23. The first-order valence-electron chi connectivity index (χ1n) is 7.06.